The molecule has 0 saturated heterocycles. The fourth-order valence-electron chi connectivity index (χ4n) is 1.29. The lowest BCUT2D eigenvalue weighted by Gasteiger charge is -2.05. The Morgan fingerprint density at radius 1 is 1.11 bits per heavy atom. The number of hydrogen-bond donors (Lipinski definition) is 1. The molecule has 0 heterocycles. The van der Waals surface area contributed by atoms with Gasteiger partial charge in [0, 0.05) is 25.5 Å². The summed E-state index contributed by atoms with van der Waals surface area (Å²) in [5, 5.41) is 2.62. The van der Waals surface area contributed by atoms with Crippen molar-refractivity contribution < 1.29 is 19.1 Å². The van der Waals surface area contributed by atoms with E-state index in [0.717, 1.165) is 0 Å². The SMILES string of the molecule is CC(=O)CCNC(=O)c1ccc(OC(C)=O)cc1. The zero-order valence-electron chi connectivity index (χ0n) is 10.4. The maximum absolute atomic E-state index is 11.6. The van der Waals surface area contributed by atoms with Crippen LogP contribution in [0.2, 0.25) is 0 Å². The van der Waals surface area contributed by atoms with Gasteiger partial charge in [0.15, 0.2) is 0 Å². The van der Waals surface area contributed by atoms with E-state index in [1.807, 2.05) is 0 Å². The molecule has 0 aliphatic carbocycles. The number of nitrogens with one attached hydrogen (secondary N) is 1. The molecule has 0 saturated carbocycles. The fraction of sp³-hybridized carbons (Fsp3) is 0.308. The number of Topliss-reactive ketones (excluding diaryl/α,β-unsaturated/α-hetero) is 1. The Morgan fingerprint density at radius 2 is 1.72 bits per heavy atom. The summed E-state index contributed by atoms with van der Waals surface area (Å²) in [7, 11) is 0. The van der Waals surface area contributed by atoms with Crippen molar-refractivity contribution in [2.45, 2.75) is 20.3 Å². The van der Waals surface area contributed by atoms with Gasteiger partial charge >= 0.3 is 5.97 Å². The molecular formula is C13H15NO4. The normalized spacial score (nSPS) is 9.67. The van der Waals surface area contributed by atoms with E-state index in [0.29, 0.717) is 24.3 Å². The molecule has 0 atom stereocenters. The average Bonchev–Trinajstić information content (AvgIpc) is 2.28. The molecule has 0 radical (unpaired) electrons. The van der Waals surface area contributed by atoms with Crippen molar-refractivity contribution in [1.82, 2.24) is 5.32 Å². The van der Waals surface area contributed by atoms with E-state index in [4.69, 9.17) is 4.74 Å². The number of esters is 1. The minimum absolute atomic E-state index is 0.0282. The van der Waals surface area contributed by atoms with Crippen molar-refractivity contribution in [2.24, 2.45) is 0 Å². The number of carbonyl (C=O) groups excluding carboxylic acids is 3. The summed E-state index contributed by atoms with van der Waals surface area (Å²) < 4.78 is 4.85. The second kappa shape index (κ2) is 6.54. The topological polar surface area (TPSA) is 72.5 Å². The van der Waals surface area contributed by atoms with Crippen LogP contribution >= 0.6 is 0 Å². The van der Waals surface area contributed by atoms with Crippen molar-refractivity contribution in [3.05, 3.63) is 29.8 Å². The zero-order chi connectivity index (χ0) is 13.5. The quantitative estimate of drug-likeness (QED) is 0.631. The first-order valence-corrected chi connectivity index (χ1v) is 5.55. The van der Waals surface area contributed by atoms with Gasteiger partial charge in [-0.25, -0.2) is 0 Å². The summed E-state index contributed by atoms with van der Waals surface area (Å²) in [6.45, 7) is 3.10. The average molecular weight is 249 g/mol. The van der Waals surface area contributed by atoms with E-state index in [9.17, 15) is 14.4 Å². The maximum Gasteiger partial charge on any atom is 0.308 e. The zero-order valence-corrected chi connectivity index (χ0v) is 10.4. The van der Waals surface area contributed by atoms with Crippen LogP contribution in [-0.4, -0.2) is 24.2 Å². The molecule has 5 heteroatoms. The Bertz CT molecular complexity index is 451. The molecule has 1 rings (SSSR count). The summed E-state index contributed by atoms with van der Waals surface area (Å²) in [6, 6.07) is 6.20. The molecule has 0 aliphatic heterocycles. The third kappa shape index (κ3) is 4.78. The second-order valence-electron chi connectivity index (χ2n) is 3.83. The maximum atomic E-state index is 11.6. The van der Waals surface area contributed by atoms with Gasteiger partial charge in [-0.2, -0.15) is 0 Å². The number of hydrogen-bond acceptors (Lipinski definition) is 4. The predicted octanol–water partition coefficient (Wildman–Crippen LogP) is 1.32. The highest BCUT2D eigenvalue weighted by atomic mass is 16.5. The monoisotopic (exact) mass is 249 g/mol. The van der Waals surface area contributed by atoms with Crippen LogP contribution in [0.15, 0.2) is 24.3 Å². The number of amides is 1. The Hall–Kier alpha value is -2.17. The molecule has 0 aliphatic rings. The second-order valence-corrected chi connectivity index (χ2v) is 3.83. The number of carbonyl (C=O) groups is 3. The van der Waals surface area contributed by atoms with E-state index >= 15 is 0 Å². The smallest absolute Gasteiger partial charge is 0.308 e. The molecule has 0 aromatic heterocycles. The standard InChI is InChI=1S/C13H15NO4/c1-9(15)7-8-14-13(17)11-3-5-12(6-4-11)18-10(2)16/h3-6H,7-8H2,1-2H3,(H,14,17). The van der Waals surface area contributed by atoms with E-state index in [-0.39, 0.29) is 11.7 Å². The van der Waals surface area contributed by atoms with Crippen molar-refractivity contribution >= 4 is 17.7 Å². The fourth-order valence-corrected chi connectivity index (χ4v) is 1.29. The van der Waals surface area contributed by atoms with Crippen molar-refractivity contribution in [1.29, 1.82) is 0 Å². The molecule has 0 fully saturated rings. The highest BCUT2D eigenvalue weighted by Gasteiger charge is 2.06. The van der Waals surface area contributed by atoms with Gasteiger partial charge in [-0.1, -0.05) is 0 Å². The third-order valence-corrected chi connectivity index (χ3v) is 2.14. The molecule has 0 unspecified atom stereocenters. The van der Waals surface area contributed by atoms with Gasteiger partial charge in [-0.05, 0) is 31.2 Å². The lowest BCUT2D eigenvalue weighted by Crippen LogP contribution is -2.25. The van der Waals surface area contributed by atoms with Crippen LogP contribution in [-0.2, 0) is 9.59 Å². The lowest BCUT2D eigenvalue weighted by molar-refractivity contribution is -0.131. The van der Waals surface area contributed by atoms with Crippen LogP contribution in [0, 0.1) is 0 Å². The number of rotatable bonds is 5. The number of benzene rings is 1. The predicted molar refractivity (Wildman–Crippen MR) is 65.4 cm³/mol. The highest BCUT2D eigenvalue weighted by Crippen LogP contribution is 2.12. The molecule has 1 amide bonds. The van der Waals surface area contributed by atoms with Gasteiger partial charge < -0.3 is 10.1 Å². The molecule has 0 bridgehead atoms. The van der Waals surface area contributed by atoms with Crippen LogP contribution in [0.4, 0.5) is 0 Å². The summed E-state index contributed by atoms with van der Waals surface area (Å²) in [5.41, 5.74) is 0.453. The minimum Gasteiger partial charge on any atom is -0.427 e. The molecule has 1 aromatic carbocycles. The van der Waals surface area contributed by atoms with E-state index < -0.39 is 5.97 Å². The van der Waals surface area contributed by atoms with E-state index in [2.05, 4.69) is 5.32 Å². The Balaban J connectivity index is 2.53. The van der Waals surface area contributed by atoms with Crippen LogP contribution in [0.25, 0.3) is 0 Å². The molecule has 18 heavy (non-hydrogen) atoms. The third-order valence-electron chi connectivity index (χ3n) is 2.14. The first kappa shape index (κ1) is 13.9. The summed E-state index contributed by atoms with van der Waals surface area (Å²) in [6.07, 6.45) is 0.317. The number of ether oxygens (including phenoxy) is 1. The van der Waals surface area contributed by atoms with Crippen LogP contribution < -0.4 is 10.1 Å². The van der Waals surface area contributed by atoms with Gasteiger partial charge in [0.2, 0.25) is 0 Å². The summed E-state index contributed by atoms with van der Waals surface area (Å²) >= 11 is 0. The van der Waals surface area contributed by atoms with Gasteiger partial charge in [0.1, 0.15) is 11.5 Å². The van der Waals surface area contributed by atoms with Gasteiger partial charge in [0.05, 0.1) is 0 Å². The van der Waals surface area contributed by atoms with Crippen molar-refractivity contribution in [3.63, 3.8) is 0 Å². The van der Waals surface area contributed by atoms with Gasteiger partial charge in [0.25, 0.3) is 5.91 Å². The van der Waals surface area contributed by atoms with Gasteiger partial charge in [-0.3, -0.25) is 14.4 Å². The van der Waals surface area contributed by atoms with Crippen molar-refractivity contribution in [3.8, 4) is 5.75 Å². The molecule has 5 nitrogen and oxygen atoms in total. The molecule has 1 aromatic rings. The Kier molecular flexibility index (Phi) is 5.05. The summed E-state index contributed by atoms with van der Waals surface area (Å²) in [5.74, 6) is -0.248. The number of ketones is 1. The van der Waals surface area contributed by atoms with E-state index in [1.165, 1.54) is 13.8 Å². The molecule has 1 N–H and O–H groups in total. The lowest BCUT2D eigenvalue weighted by atomic mass is 10.2. The minimum atomic E-state index is -0.409. The highest BCUT2D eigenvalue weighted by molar-refractivity contribution is 5.94. The summed E-state index contributed by atoms with van der Waals surface area (Å²) in [4.78, 5) is 33.0. The first-order chi connectivity index (χ1) is 8.49. The van der Waals surface area contributed by atoms with Crippen molar-refractivity contribution in [2.75, 3.05) is 6.54 Å². The molecule has 0 spiro atoms. The Morgan fingerprint density at radius 3 is 2.22 bits per heavy atom. The van der Waals surface area contributed by atoms with Gasteiger partial charge in [-0.15, -0.1) is 0 Å². The largest absolute Gasteiger partial charge is 0.427 e. The van der Waals surface area contributed by atoms with Crippen LogP contribution in [0.5, 0.6) is 5.75 Å². The molecular weight excluding hydrogens is 234 g/mol. The Labute approximate surface area is 105 Å². The van der Waals surface area contributed by atoms with Crippen LogP contribution in [0.3, 0.4) is 0 Å². The molecule has 96 valence electrons. The van der Waals surface area contributed by atoms with Crippen LogP contribution in [0.1, 0.15) is 30.6 Å². The first-order valence-electron chi connectivity index (χ1n) is 5.55. The van der Waals surface area contributed by atoms with E-state index in [1.54, 1.807) is 24.3 Å².